The van der Waals surface area contributed by atoms with Crippen LogP contribution in [0.5, 0.6) is 0 Å². The van der Waals surface area contributed by atoms with Crippen molar-refractivity contribution in [3.63, 3.8) is 0 Å². The predicted octanol–water partition coefficient (Wildman–Crippen LogP) is 1.72. The normalized spacial score (nSPS) is 18.9. The number of nitrogens with zero attached hydrogens (tertiary/aromatic N) is 3. The van der Waals surface area contributed by atoms with Crippen molar-refractivity contribution in [2.75, 3.05) is 0 Å². The Balaban J connectivity index is 1.93. The maximum Gasteiger partial charge on any atom is 0.247 e. The third-order valence-corrected chi connectivity index (χ3v) is 3.21. The molecule has 0 saturated heterocycles. The van der Waals surface area contributed by atoms with E-state index in [1.807, 2.05) is 25.1 Å². The van der Waals surface area contributed by atoms with Crippen LogP contribution in [0.1, 0.15) is 25.7 Å². The summed E-state index contributed by atoms with van der Waals surface area (Å²) < 4.78 is 5.26. The van der Waals surface area contributed by atoms with Gasteiger partial charge < -0.3 is 10.3 Å². The van der Waals surface area contributed by atoms with Crippen LogP contribution in [-0.2, 0) is 5.54 Å². The van der Waals surface area contributed by atoms with Gasteiger partial charge in [0, 0.05) is 6.20 Å². The van der Waals surface area contributed by atoms with Gasteiger partial charge >= 0.3 is 0 Å². The Morgan fingerprint density at radius 3 is 2.88 bits per heavy atom. The minimum atomic E-state index is -0.514. The Morgan fingerprint density at radius 1 is 1.41 bits per heavy atom. The fourth-order valence-corrected chi connectivity index (χ4v) is 1.90. The van der Waals surface area contributed by atoms with Crippen LogP contribution in [0.4, 0.5) is 0 Å². The molecule has 1 fully saturated rings. The first-order valence-electron chi connectivity index (χ1n) is 5.72. The van der Waals surface area contributed by atoms with Crippen molar-refractivity contribution in [1.29, 1.82) is 0 Å². The van der Waals surface area contributed by atoms with Crippen molar-refractivity contribution in [2.24, 2.45) is 11.7 Å². The van der Waals surface area contributed by atoms with Gasteiger partial charge in [0.1, 0.15) is 5.69 Å². The summed E-state index contributed by atoms with van der Waals surface area (Å²) in [5.74, 6) is 1.46. The summed E-state index contributed by atoms with van der Waals surface area (Å²) >= 11 is 0. The largest absolute Gasteiger partial charge is 0.337 e. The highest BCUT2D eigenvalue weighted by Crippen LogP contribution is 2.43. The lowest BCUT2D eigenvalue weighted by Crippen LogP contribution is -2.35. The highest BCUT2D eigenvalue weighted by molar-refractivity contribution is 5.47. The van der Waals surface area contributed by atoms with E-state index in [1.165, 1.54) is 0 Å². The van der Waals surface area contributed by atoms with E-state index in [0.717, 1.165) is 12.8 Å². The molecule has 2 aromatic rings. The zero-order valence-electron chi connectivity index (χ0n) is 9.63. The molecule has 0 spiro atoms. The molecule has 2 aromatic heterocycles. The van der Waals surface area contributed by atoms with Crippen LogP contribution < -0.4 is 5.73 Å². The second kappa shape index (κ2) is 3.63. The molecule has 5 heteroatoms. The Hall–Kier alpha value is -1.75. The lowest BCUT2D eigenvalue weighted by atomic mass is 9.97. The SMILES string of the molecule is CC(N)(c1nc(-c2ccccn2)no1)C1CC1. The molecule has 0 radical (unpaired) electrons. The molecular formula is C12H14N4O. The smallest absolute Gasteiger partial charge is 0.247 e. The maximum absolute atomic E-state index is 6.22. The molecule has 1 aliphatic rings. The van der Waals surface area contributed by atoms with E-state index in [4.69, 9.17) is 10.3 Å². The molecule has 5 nitrogen and oxygen atoms in total. The number of aromatic nitrogens is 3. The van der Waals surface area contributed by atoms with Gasteiger partial charge in [-0.2, -0.15) is 4.98 Å². The van der Waals surface area contributed by atoms with E-state index < -0.39 is 5.54 Å². The average molecular weight is 230 g/mol. The fraction of sp³-hybridized carbons (Fsp3) is 0.417. The first-order chi connectivity index (χ1) is 8.18. The Labute approximate surface area is 99.1 Å². The number of hydrogen-bond donors (Lipinski definition) is 1. The second-order valence-corrected chi connectivity index (χ2v) is 4.70. The van der Waals surface area contributed by atoms with Gasteiger partial charge in [-0.1, -0.05) is 11.2 Å². The summed E-state index contributed by atoms with van der Waals surface area (Å²) in [4.78, 5) is 8.53. The second-order valence-electron chi connectivity index (χ2n) is 4.70. The summed E-state index contributed by atoms with van der Waals surface area (Å²) in [6, 6.07) is 5.59. The standard InChI is InChI=1S/C12H14N4O/c1-12(13,8-5-6-8)11-15-10(16-17-11)9-4-2-3-7-14-9/h2-4,7-8H,5-6,13H2,1H3. The molecule has 88 valence electrons. The van der Waals surface area contributed by atoms with Crippen LogP contribution in [-0.4, -0.2) is 15.1 Å². The van der Waals surface area contributed by atoms with Crippen molar-refractivity contribution >= 4 is 0 Å². The minimum Gasteiger partial charge on any atom is -0.337 e. The van der Waals surface area contributed by atoms with Crippen molar-refractivity contribution < 1.29 is 4.52 Å². The monoisotopic (exact) mass is 230 g/mol. The van der Waals surface area contributed by atoms with Gasteiger partial charge in [0.15, 0.2) is 0 Å². The fourth-order valence-electron chi connectivity index (χ4n) is 1.90. The average Bonchev–Trinajstić information content (AvgIpc) is 3.08. The topological polar surface area (TPSA) is 77.8 Å². The van der Waals surface area contributed by atoms with Crippen LogP contribution in [0.3, 0.4) is 0 Å². The van der Waals surface area contributed by atoms with E-state index in [0.29, 0.717) is 23.3 Å². The molecule has 2 N–H and O–H groups in total. The Bertz CT molecular complexity index is 516. The van der Waals surface area contributed by atoms with Crippen LogP contribution >= 0.6 is 0 Å². The van der Waals surface area contributed by atoms with Crippen LogP contribution in [0.2, 0.25) is 0 Å². The maximum atomic E-state index is 6.22. The molecule has 0 aromatic carbocycles. The van der Waals surface area contributed by atoms with E-state index in [1.54, 1.807) is 6.20 Å². The lowest BCUT2D eigenvalue weighted by Gasteiger charge is -2.18. The van der Waals surface area contributed by atoms with Gasteiger partial charge in [0.25, 0.3) is 0 Å². The molecule has 1 saturated carbocycles. The molecule has 1 atom stereocenters. The molecule has 17 heavy (non-hydrogen) atoms. The van der Waals surface area contributed by atoms with Gasteiger partial charge in [-0.05, 0) is 37.8 Å². The van der Waals surface area contributed by atoms with Crippen molar-refractivity contribution in [1.82, 2.24) is 15.1 Å². The molecular weight excluding hydrogens is 216 g/mol. The molecule has 1 aliphatic carbocycles. The van der Waals surface area contributed by atoms with Crippen molar-refractivity contribution in [2.45, 2.75) is 25.3 Å². The summed E-state index contributed by atoms with van der Waals surface area (Å²) in [7, 11) is 0. The zero-order chi connectivity index (χ0) is 11.9. The summed E-state index contributed by atoms with van der Waals surface area (Å²) in [6.07, 6.45) is 3.97. The third kappa shape index (κ3) is 1.82. The molecule has 0 amide bonds. The minimum absolute atomic E-state index is 0.458. The summed E-state index contributed by atoms with van der Waals surface area (Å²) in [5, 5.41) is 3.93. The van der Waals surface area contributed by atoms with E-state index >= 15 is 0 Å². The third-order valence-electron chi connectivity index (χ3n) is 3.21. The quantitative estimate of drug-likeness (QED) is 0.868. The van der Waals surface area contributed by atoms with E-state index in [-0.39, 0.29) is 0 Å². The number of nitrogens with two attached hydrogens (primary N) is 1. The van der Waals surface area contributed by atoms with Gasteiger partial charge in [-0.3, -0.25) is 4.98 Å². The van der Waals surface area contributed by atoms with Crippen LogP contribution in [0.15, 0.2) is 28.9 Å². The molecule has 0 aliphatic heterocycles. The predicted molar refractivity (Wildman–Crippen MR) is 61.8 cm³/mol. The van der Waals surface area contributed by atoms with Gasteiger partial charge in [-0.15, -0.1) is 0 Å². The Kier molecular flexibility index (Phi) is 2.22. The zero-order valence-corrected chi connectivity index (χ0v) is 9.63. The van der Waals surface area contributed by atoms with Gasteiger partial charge in [-0.25, -0.2) is 0 Å². The number of pyridine rings is 1. The first kappa shape index (κ1) is 10.4. The molecule has 1 unspecified atom stereocenters. The highest BCUT2D eigenvalue weighted by Gasteiger charge is 2.43. The number of rotatable bonds is 3. The van der Waals surface area contributed by atoms with Gasteiger partial charge in [0.2, 0.25) is 11.7 Å². The van der Waals surface area contributed by atoms with E-state index in [2.05, 4.69) is 15.1 Å². The molecule has 2 heterocycles. The molecule has 3 rings (SSSR count). The lowest BCUT2D eigenvalue weighted by molar-refractivity contribution is 0.273. The van der Waals surface area contributed by atoms with Crippen LogP contribution in [0.25, 0.3) is 11.5 Å². The Morgan fingerprint density at radius 2 is 2.24 bits per heavy atom. The summed E-state index contributed by atoms with van der Waals surface area (Å²) in [5.41, 5.74) is 6.41. The van der Waals surface area contributed by atoms with Crippen LogP contribution in [0, 0.1) is 5.92 Å². The van der Waals surface area contributed by atoms with Crippen molar-refractivity contribution in [3.05, 3.63) is 30.3 Å². The van der Waals surface area contributed by atoms with Crippen molar-refractivity contribution in [3.8, 4) is 11.5 Å². The number of hydrogen-bond acceptors (Lipinski definition) is 5. The first-order valence-corrected chi connectivity index (χ1v) is 5.72. The summed E-state index contributed by atoms with van der Waals surface area (Å²) in [6.45, 7) is 1.94. The van der Waals surface area contributed by atoms with Gasteiger partial charge in [0.05, 0.1) is 5.54 Å². The van der Waals surface area contributed by atoms with E-state index in [9.17, 15) is 0 Å². The highest BCUT2D eigenvalue weighted by atomic mass is 16.5. The molecule has 0 bridgehead atoms.